The summed E-state index contributed by atoms with van der Waals surface area (Å²) in [6.07, 6.45) is 1.79. The maximum atomic E-state index is 5.31. The molecule has 3 aromatic heterocycles. The van der Waals surface area contributed by atoms with E-state index in [-0.39, 0.29) is 0 Å². The Kier molecular flexibility index (Phi) is 4.36. The molecule has 4 aromatic rings. The predicted molar refractivity (Wildman–Crippen MR) is 107 cm³/mol. The molecule has 0 aliphatic carbocycles. The highest BCUT2D eigenvalue weighted by atomic mass is 32.1. The molecule has 130 valence electrons. The topological polar surface area (TPSA) is 63.8 Å². The number of nitrogens with zero attached hydrogens (tertiary/aromatic N) is 5. The van der Waals surface area contributed by atoms with Crippen molar-refractivity contribution < 1.29 is 0 Å². The highest BCUT2D eigenvalue weighted by molar-refractivity contribution is 7.71. The number of H-pyrrole nitrogens is 1. The summed E-state index contributed by atoms with van der Waals surface area (Å²) in [6.45, 7) is 3.91. The first-order valence-electron chi connectivity index (χ1n) is 8.02. The van der Waals surface area contributed by atoms with Gasteiger partial charge in [0.05, 0.1) is 11.9 Å². The van der Waals surface area contributed by atoms with E-state index in [1.807, 2.05) is 44.2 Å². The molecule has 0 aliphatic heterocycles. The van der Waals surface area contributed by atoms with Gasteiger partial charge < -0.3 is 0 Å². The molecule has 0 fully saturated rings. The standard InChI is InChI=1S/C18H16N6S2/c1-12-10-13(2)23(22-12)17-20-21-18(25)24(17)19-11-15-8-9-16(26-15)14-6-4-3-5-7-14/h3-11H,1-2H3,(H,21,25)/b19-11-. The Hall–Kier alpha value is -2.84. The lowest BCUT2D eigenvalue weighted by molar-refractivity contribution is 0.714. The van der Waals surface area contributed by atoms with E-state index in [1.165, 1.54) is 10.4 Å². The molecule has 0 radical (unpaired) electrons. The molecular weight excluding hydrogens is 364 g/mol. The zero-order valence-corrected chi connectivity index (χ0v) is 15.9. The smallest absolute Gasteiger partial charge is 0.248 e. The third kappa shape index (κ3) is 3.16. The molecule has 26 heavy (non-hydrogen) atoms. The molecular formula is C18H16N6S2. The third-order valence-electron chi connectivity index (χ3n) is 3.82. The van der Waals surface area contributed by atoms with E-state index in [0.29, 0.717) is 10.7 Å². The second-order valence-corrected chi connectivity index (χ2v) is 7.29. The summed E-state index contributed by atoms with van der Waals surface area (Å²) in [5.41, 5.74) is 3.08. The van der Waals surface area contributed by atoms with E-state index < -0.39 is 0 Å². The summed E-state index contributed by atoms with van der Waals surface area (Å²) < 4.78 is 3.73. The van der Waals surface area contributed by atoms with Crippen molar-refractivity contribution in [1.29, 1.82) is 0 Å². The average molecular weight is 381 g/mol. The molecule has 0 aliphatic rings. The summed E-state index contributed by atoms with van der Waals surface area (Å²) in [6, 6.07) is 16.4. The number of hydrogen-bond acceptors (Lipinski definition) is 5. The molecule has 1 aromatic carbocycles. The van der Waals surface area contributed by atoms with Gasteiger partial charge in [-0.25, -0.2) is 9.78 Å². The zero-order valence-electron chi connectivity index (χ0n) is 14.2. The van der Waals surface area contributed by atoms with Crippen molar-refractivity contribution in [2.24, 2.45) is 5.10 Å². The Labute approximate surface area is 159 Å². The summed E-state index contributed by atoms with van der Waals surface area (Å²) in [4.78, 5) is 2.23. The summed E-state index contributed by atoms with van der Waals surface area (Å²) in [5, 5.41) is 16.0. The maximum absolute atomic E-state index is 5.31. The van der Waals surface area contributed by atoms with Gasteiger partial charge in [0.1, 0.15) is 0 Å². The Balaban J connectivity index is 1.66. The lowest BCUT2D eigenvalue weighted by atomic mass is 10.2. The van der Waals surface area contributed by atoms with Crippen LogP contribution >= 0.6 is 23.6 Å². The molecule has 0 unspecified atom stereocenters. The van der Waals surface area contributed by atoms with Crippen molar-refractivity contribution in [2.45, 2.75) is 13.8 Å². The number of hydrogen-bond donors (Lipinski definition) is 1. The van der Waals surface area contributed by atoms with Gasteiger partial charge in [0.2, 0.25) is 4.77 Å². The lowest BCUT2D eigenvalue weighted by Crippen LogP contribution is -2.07. The van der Waals surface area contributed by atoms with Gasteiger partial charge in [0.15, 0.2) is 0 Å². The first kappa shape index (κ1) is 16.6. The quantitative estimate of drug-likeness (QED) is 0.423. The molecule has 3 heterocycles. The number of aromatic amines is 1. The van der Waals surface area contributed by atoms with Crippen LogP contribution in [-0.4, -0.2) is 30.9 Å². The maximum Gasteiger partial charge on any atom is 0.271 e. The van der Waals surface area contributed by atoms with Crippen molar-refractivity contribution in [3.8, 4) is 16.4 Å². The Morgan fingerprint density at radius 1 is 1.15 bits per heavy atom. The van der Waals surface area contributed by atoms with E-state index in [1.54, 1.807) is 26.9 Å². The van der Waals surface area contributed by atoms with E-state index in [2.05, 4.69) is 38.6 Å². The number of aryl methyl sites for hydroxylation is 2. The van der Waals surface area contributed by atoms with Crippen molar-refractivity contribution >= 4 is 29.8 Å². The van der Waals surface area contributed by atoms with Gasteiger partial charge in [-0.2, -0.15) is 14.9 Å². The van der Waals surface area contributed by atoms with Gasteiger partial charge in [-0.15, -0.1) is 16.4 Å². The monoisotopic (exact) mass is 380 g/mol. The Morgan fingerprint density at radius 3 is 2.69 bits per heavy atom. The minimum Gasteiger partial charge on any atom is -0.248 e. The summed E-state index contributed by atoms with van der Waals surface area (Å²) in [5.74, 6) is 0.539. The molecule has 0 atom stereocenters. The van der Waals surface area contributed by atoms with Crippen LogP contribution in [0.1, 0.15) is 16.3 Å². The molecule has 4 rings (SSSR count). The predicted octanol–water partition coefficient (Wildman–Crippen LogP) is 4.35. The van der Waals surface area contributed by atoms with Crippen molar-refractivity contribution in [2.75, 3.05) is 0 Å². The fraction of sp³-hybridized carbons (Fsp3) is 0.111. The van der Waals surface area contributed by atoms with Gasteiger partial charge in [0, 0.05) is 15.4 Å². The molecule has 6 nitrogen and oxygen atoms in total. The normalized spacial score (nSPS) is 11.5. The highest BCUT2D eigenvalue weighted by Crippen LogP contribution is 2.27. The molecule has 1 N–H and O–H groups in total. The Morgan fingerprint density at radius 2 is 1.96 bits per heavy atom. The van der Waals surface area contributed by atoms with Gasteiger partial charge in [-0.1, -0.05) is 30.3 Å². The number of thiophene rings is 1. The van der Waals surface area contributed by atoms with Crippen molar-refractivity contribution in [3.63, 3.8) is 0 Å². The Bertz CT molecular complexity index is 1130. The van der Waals surface area contributed by atoms with Gasteiger partial charge >= 0.3 is 0 Å². The van der Waals surface area contributed by atoms with Crippen molar-refractivity contribution in [1.82, 2.24) is 24.7 Å². The van der Waals surface area contributed by atoms with Crippen LogP contribution < -0.4 is 0 Å². The van der Waals surface area contributed by atoms with E-state index in [4.69, 9.17) is 12.2 Å². The SMILES string of the molecule is Cc1cc(C)n(-c2n[nH]c(=S)n2/N=C\c2ccc(-c3ccccc3)s2)n1. The second kappa shape index (κ2) is 6.81. The lowest BCUT2D eigenvalue weighted by Gasteiger charge is -2.02. The van der Waals surface area contributed by atoms with Crippen LogP contribution in [0.4, 0.5) is 0 Å². The molecule has 0 saturated carbocycles. The fourth-order valence-electron chi connectivity index (χ4n) is 2.65. The van der Waals surface area contributed by atoms with Gasteiger partial charge in [-0.3, -0.25) is 0 Å². The zero-order chi connectivity index (χ0) is 18.1. The molecule has 0 amide bonds. The number of nitrogens with one attached hydrogen (secondary N) is 1. The number of benzene rings is 1. The van der Waals surface area contributed by atoms with Crippen LogP contribution in [-0.2, 0) is 0 Å². The van der Waals surface area contributed by atoms with Crippen LogP contribution in [0, 0.1) is 18.6 Å². The average Bonchev–Trinajstić information content (AvgIpc) is 3.33. The molecule has 0 bridgehead atoms. The van der Waals surface area contributed by atoms with E-state index in [0.717, 1.165) is 16.3 Å². The molecule has 0 spiro atoms. The van der Waals surface area contributed by atoms with E-state index in [9.17, 15) is 0 Å². The van der Waals surface area contributed by atoms with Crippen LogP contribution in [0.3, 0.4) is 0 Å². The number of aromatic nitrogens is 5. The number of rotatable bonds is 4. The van der Waals surface area contributed by atoms with Crippen molar-refractivity contribution in [3.05, 3.63) is 69.6 Å². The first-order valence-corrected chi connectivity index (χ1v) is 9.25. The first-order chi connectivity index (χ1) is 12.6. The second-order valence-electron chi connectivity index (χ2n) is 5.79. The van der Waals surface area contributed by atoms with Gasteiger partial charge in [-0.05, 0) is 49.8 Å². The largest absolute Gasteiger partial charge is 0.271 e. The van der Waals surface area contributed by atoms with Crippen LogP contribution in [0.5, 0.6) is 0 Å². The van der Waals surface area contributed by atoms with E-state index >= 15 is 0 Å². The fourth-order valence-corrected chi connectivity index (χ4v) is 3.70. The highest BCUT2D eigenvalue weighted by Gasteiger charge is 2.11. The van der Waals surface area contributed by atoms with Crippen LogP contribution in [0.25, 0.3) is 16.4 Å². The van der Waals surface area contributed by atoms with Gasteiger partial charge in [0.25, 0.3) is 5.95 Å². The minimum absolute atomic E-state index is 0.420. The van der Waals surface area contributed by atoms with Crippen LogP contribution in [0.15, 0.2) is 53.6 Å². The molecule has 0 saturated heterocycles. The summed E-state index contributed by atoms with van der Waals surface area (Å²) in [7, 11) is 0. The summed E-state index contributed by atoms with van der Waals surface area (Å²) >= 11 is 6.99. The third-order valence-corrected chi connectivity index (χ3v) is 5.15. The minimum atomic E-state index is 0.420. The van der Waals surface area contributed by atoms with Crippen LogP contribution in [0.2, 0.25) is 0 Å². The molecule has 8 heteroatoms.